The molecule has 130 valence electrons. The molecule has 1 aromatic rings. The van der Waals surface area contributed by atoms with Crippen molar-refractivity contribution in [3.63, 3.8) is 0 Å². The van der Waals surface area contributed by atoms with Crippen LogP contribution in [0.4, 0.5) is 4.79 Å². The number of ether oxygens (including phenoxy) is 2. The maximum atomic E-state index is 11.8. The smallest absolute Gasteiger partial charge is 0.408 e. The van der Waals surface area contributed by atoms with E-state index >= 15 is 0 Å². The number of nitrogens with one attached hydrogen (secondary N) is 1. The average molecular weight is 331 g/mol. The van der Waals surface area contributed by atoms with Gasteiger partial charge in [-0.2, -0.15) is 0 Å². The SMILES string of the molecule is COC(=O)[C@H](C/C=C/C=C/c1ccccc1)NC(=O)OC(C)(C)C. The van der Waals surface area contributed by atoms with Gasteiger partial charge in [0.05, 0.1) is 7.11 Å². The summed E-state index contributed by atoms with van der Waals surface area (Å²) < 4.78 is 9.86. The van der Waals surface area contributed by atoms with E-state index in [1.165, 1.54) is 7.11 Å². The third-order valence-electron chi connectivity index (χ3n) is 2.88. The van der Waals surface area contributed by atoms with Gasteiger partial charge in [-0.25, -0.2) is 9.59 Å². The van der Waals surface area contributed by atoms with Crippen LogP contribution in [0.15, 0.2) is 48.6 Å². The summed E-state index contributed by atoms with van der Waals surface area (Å²) in [6, 6.07) is 9.07. The largest absolute Gasteiger partial charge is 0.467 e. The fourth-order valence-electron chi connectivity index (χ4n) is 1.83. The summed E-state index contributed by atoms with van der Waals surface area (Å²) in [6.45, 7) is 5.27. The minimum Gasteiger partial charge on any atom is -0.467 e. The van der Waals surface area contributed by atoms with E-state index in [1.807, 2.05) is 48.6 Å². The molecule has 0 radical (unpaired) electrons. The number of methoxy groups -OCH3 is 1. The summed E-state index contributed by atoms with van der Waals surface area (Å²) in [6.07, 6.45) is 7.09. The molecule has 1 rings (SSSR count). The summed E-state index contributed by atoms with van der Waals surface area (Å²) in [7, 11) is 1.28. The van der Waals surface area contributed by atoms with Crippen LogP contribution in [0.25, 0.3) is 6.08 Å². The monoisotopic (exact) mass is 331 g/mol. The van der Waals surface area contributed by atoms with E-state index in [9.17, 15) is 9.59 Å². The van der Waals surface area contributed by atoms with E-state index in [-0.39, 0.29) is 0 Å². The fourth-order valence-corrected chi connectivity index (χ4v) is 1.83. The number of amides is 1. The molecule has 0 unspecified atom stereocenters. The second-order valence-electron chi connectivity index (χ2n) is 6.16. The summed E-state index contributed by atoms with van der Waals surface area (Å²) in [4.78, 5) is 23.5. The van der Waals surface area contributed by atoms with Gasteiger partial charge in [-0.05, 0) is 32.8 Å². The summed E-state index contributed by atoms with van der Waals surface area (Å²) in [5.74, 6) is -0.516. The van der Waals surface area contributed by atoms with Crippen LogP contribution in [-0.4, -0.2) is 30.8 Å². The average Bonchev–Trinajstić information content (AvgIpc) is 2.52. The van der Waals surface area contributed by atoms with Gasteiger partial charge in [0.25, 0.3) is 0 Å². The Hall–Kier alpha value is -2.56. The molecule has 1 N–H and O–H groups in total. The van der Waals surface area contributed by atoms with Crippen LogP contribution < -0.4 is 5.32 Å². The third-order valence-corrected chi connectivity index (χ3v) is 2.88. The van der Waals surface area contributed by atoms with Crippen LogP contribution in [0, 0.1) is 0 Å². The normalized spacial score (nSPS) is 13.0. The van der Waals surface area contributed by atoms with E-state index in [0.29, 0.717) is 6.42 Å². The van der Waals surface area contributed by atoms with Crippen molar-refractivity contribution in [2.24, 2.45) is 0 Å². The fraction of sp³-hybridized carbons (Fsp3) is 0.368. The van der Waals surface area contributed by atoms with Crippen molar-refractivity contribution in [2.45, 2.75) is 38.8 Å². The second-order valence-corrected chi connectivity index (χ2v) is 6.16. The topological polar surface area (TPSA) is 64.6 Å². The molecule has 1 atom stereocenters. The van der Waals surface area contributed by atoms with E-state index in [1.54, 1.807) is 26.8 Å². The Labute approximate surface area is 143 Å². The maximum Gasteiger partial charge on any atom is 0.408 e. The number of carbonyl (C=O) groups excluding carboxylic acids is 2. The van der Waals surface area contributed by atoms with Crippen molar-refractivity contribution in [2.75, 3.05) is 7.11 Å². The summed E-state index contributed by atoms with van der Waals surface area (Å²) in [5.41, 5.74) is 0.456. The molecule has 0 fully saturated rings. The highest BCUT2D eigenvalue weighted by Crippen LogP contribution is 2.08. The number of benzene rings is 1. The molecule has 0 aliphatic heterocycles. The zero-order valence-corrected chi connectivity index (χ0v) is 14.6. The molecular formula is C19H25NO4. The van der Waals surface area contributed by atoms with Crippen LogP contribution in [0.5, 0.6) is 0 Å². The predicted molar refractivity (Wildman–Crippen MR) is 94.4 cm³/mol. The van der Waals surface area contributed by atoms with Crippen LogP contribution in [-0.2, 0) is 14.3 Å². The first kappa shape index (κ1) is 19.5. The van der Waals surface area contributed by atoms with Gasteiger partial charge in [-0.15, -0.1) is 0 Å². The molecule has 1 amide bonds. The van der Waals surface area contributed by atoms with Crippen LogP contribution in [0.3, 0.4) is 0 Å². The highest BCUT2D eigenvalue weighted by Gasteiger charge is 2.23. The zero-order valence-electron chi connectivity index (χ0n) is 14.6. The van der Waals surface area contributed by atoms with E-state index in [2.05, 4.69) is 5.32 Å². The van der Waals surface area contributed by atoms with Crippen LogP contribution in [0.1, 0.15) is 32.8 Å². The van der Waals surface area contributed by atoms with Crippen LogP contribution >= 0.6 is 0 Å². The van der Waals surface area contributed by atoms with E-state index in [4.69, 9.17) is 9.47 Å². The molecule has 5 heteroatoms. The highest BCUT2D eigenvalue weighted by molar-refractivity contribution is 5.81. The van der Waals surface area contributed by atoms with Crippen molar-refractivity contribution < 1.29 is 19.1 Å². The van der Waals surface area contributed by atoms with Crippen molar-refractivity contribution in [3.8, 4) is 0 Å². The van der Waals surface area contributed by atoms with Crippen molar-refractivity contribution in [1.82, 2.24) is 5.32 Å². The first-order chi connectivity index (χ1) is 11.3. The first-order valence-electron chi connectivity index (χ1n) is 7.77. The lowest BCUT2D eigenvalue weighted by atomic mass is 10.2. The summed E-state index contributed by atoms with van der Waals surface area (Å²) >= 11 is 0. The summed E-state index contributed by atoms with van der Waals surface area (Å²) in [5, 5.41) is 2.52. The maximum absolute atomic E-state index is 11.8. The van der Waals surface area contributed by atoms with Gasteiger partial charge in [-0.3, -0.25) is 0 Å². The Morgan fingerprint density at radius 3 is 2.42 bits per heavy atom. The van der Waals surface area contributed by atoms with Gasteiger partial charge >= 0.3 is 12.1 Å². The Balaban J connectivity index is 2.57. The van der Waals surface area contributed by atoms with Gasteiger partial charge in [0.15, 0.2) is 0 Å². The Kier molecular flexibility index (Phi) is 7.75. The molecule has 0 aliphatic carbocycles. The lowest BCUT2D eigenvalue weighted by Gasteiger charge is -2.22. The lowest BCUT2D eigenvalue weighted by Crippen LogP contribution is -2.43. The number of allylic oxidation sites excluding steroid dienone is 2. The molecular weight excluding hydrogens is 306 g/mol. The molecule has 24 heavy (non-hydrogen) atoms. The standard InChI is InChI=1S/C19H25NO4/c1-19(2,3)24-18(22)20-16(17(21)23-4)14-10-6-9-13-15-11-7-5-8-12-15/h5-13,16H,14H2,1-4H3,(H,20,22)/b10-6+,13-9+/t16-/m0/s1. The number of esters is 1. The number of rotatable bonds is 6. The Morgan fingerprint density at radius 1 is 1.17 bits per heavy atom. The third kappa shape index (κ3) is 8.17. The number of hydrogen-bond acceptors (Lipinski definition) is 4. The zero-order chi connectivity index (χ0) is 18.0. The number of hydrogen-bond donors (Lipinski definition) is 1. The highest BCUT2D eigenvalue weighted by atomic mass is 16.6. The molecule has 0 bridgehead atoms. The van der Waals surface area contributed by atoms with Crippen molar-refractivity contribution >= 4 is 18.1 Å². The van der Waals surface area contributed by atoms with Gasteiger partial charge in [0, 0.05) is 0 Å². The molecule has 0 aromatic heterocycles. The van der Waals surface area contributed by atoms with Crippen molar-refractivity contribution in [3.05, 3.63) is 54.1 Å². The Bertz CT molecular complexity index is 585. The van der Waals surface area contributed by atoms with Gasteiger partial charge in [-0.1, -0.05) is 54.6 Å². The lowest BCUT2D eigenvalue weighted by molar-refractivity contribution is -0.143. The Morgan fingerprint density at radius 2 is 1.83 bits per heavy atom. The number of alkyl carbamates (subject to hydrolysis) is 1. The first-order valence-corrected chi connectivity index (χ1v) is 7.77. The predicted octanol–water partition coefficient (Wildman–Crippen LogP) is 3.71. The van der Waals surface area contributed by atoms with Crippen LogP contribution in [0.2, 0.25) is 0 Å². The van der Waals surface area contributed by atoms with E-state index in [0.717, 1.165) is 5.56 Å². The van der Waals surface area contributed by atoms with Gasteiger partial charge in [0.1, 0.15) is 11.6 Å². The molecule has 5 nitrogen and oxygen atoms in total. The molecule has 1 aromatic carbocycles. The van der Waals surface area contributed by atoms with Crippen molar-refractivity contribution in [1.29, 1.82) is 0 Å². The minimum atomic E-state index is -0.786. The second kappa shape index (κ2) is 9.55. The minimum absolute atomic E-state index is 0.311. The molecule has 0 saturated carbocycles. The number of carbonyl (C=O) groups is 2. The quantitative estimate of drug-likeness (QED) is 0.637. The molecule has 0 aliphatic rings. The molecule has 0 saturated heterocycles. The van der Waals surface area contributed by atoms with Gasteiger partial charge in [0.2, 0.25) is 0 Å². The molecule has 0 spiro atoms. The van der Waals surface area contributed by atoms with Gasteiger partial charge < -0.3 is 14.8 Å². The molecule has 0 heterocycles. The van der Waals surface area contributed by atoms with E-state index < -0.39 is 23.7 Å².